The van der Waals surface area contributed by atoms with Crippen molar-refractivity contribution in [2.45, 2.75) is 12.8 Å². The molecule has 0 unspecified atom stereocenters. The molecule has 0 aromatic heterocycles. The summed E-state index contributed by atoms with van der Waals surface area (Å²) < 4.78 is 18.0. The lowest BCUT2D eigenvalue weighted by Crippen LogP contribution is -2.48. The van der Waals surface area contributed by atoms with Crippen LogP contribution in [0.2, 0.25) is 0 Å². The van der Waals surface area contributed by atoms with Crippen LogP contribution in [0.1, 0.15) is 12.0 Å². The average molecular weight is 357 g/mol. The number of amides is 2. The number of carbonyl (C=O) groups is 2. The van der Waals surface area contributed by atoms with Crippen molar-refractivity contribution < 1.29 is 18.7 Å². The van der Waals surface area contributed by atoms with Gasteiger partial charge in [0.05, 0.1) is 6.54 Å². The number of hydrazine groups is 1. The molecule has 136 valence electrons. The van der Waals surface area contributed by atoms with Gasteiger partial charge in [0.25, 0.3) is 11.8 Å². The fraction of sp³-hybridized carbons (Fsp3) is 0.263. The van der Waals surface area contributed by atoms with E-state index in [1.807, 2.05) is 23.1 Å². The molecule has 2 aromatic rings. The normalized spacial score (nSPS) is 12.9. The third-order valence-corrected chi connectivity index (χ3v) is 4.07. The van der Waals surface area contributed by atoms with E-state index in [4.69, 9.17) is 4.74 Å². The summed E-state index contributed by atoms with van der Waals surface area (Å²) in [5.41, 5.74) is 6.98. The second kappa shape index (κ2) is 8.33. The molecule has 6 nitrogen and oxygen atoms in total. The first-order valence-corrected chi connectivity index (χ1v) is 8.41. The molecule has 1 heterocycles. The molecule has 2 amide bonds. The number of nitrogens with one attached hydrogen (secondary N) is 2. The first-order valence-electron chi connectivity index (χ1n) is 8.41. The van der Waals surface area contributed by atoms with Crippen LogP contribution in [0.5, 0.6) is 5.75 Å². The summed E-state index contributed by atoms with van der Waals surface area (Å²) in [5, 5.41) is 0. The molecule has 0 atom stereocenters. The lowest BCUT2D eigenvalue weighted by Gasteiger charge is -2.30. The Morgan fingerprint density at radius 1 is 1.04 bits per heavy atom. The fourth-order valence-corrected chi connectivity index (χ4v) is 2.84. The minimum absolute atomic E-state index is 0.163. The number of rotatable bonds is 5. The van der Waals surface area contributed by atoms with Crippen LogP contribution in [0.25, 0.3) is 0 Å². The van der Waals surface area contributed by atoms with Gasteiger partial charge in [-0.3, -0.25) is 20.4 Å². The van der Waals surface area contributed by atoms with E-state index < -0.39 is 5.91 Å². The molecule has 1 aliphatic heterocycles. The maximum Gasteiger partial charge on any atom is 0.276 e. The van der Waals surface area contributed by atoms with Crippen molar-refractivity contribution >= 4 is 17.5 Å². The number of aryl methyl sites for hydroxylation is 1. The number of nitrogens with zero attached hydrogens (tertiary/aromatic N) is 1. The molecule has 0 saturated heterocycles. The van der Waals surface area contributed by atoms with Crippen molar-refractivity contribution in [1.82, 2.24) is 10.9 Å². The van der Waals surface area contributed by atoms with Crippen LogP contribution in [0.4, 0.5) is 10.1 Å². The molecule has 0 bridgehead atoms. The Bertz CT molecular complexity index is 780. The molecule has 0 spiro atoms. The Morgan fingerprint density at radius 2 is 1.77 bits per heavy atom. The van der Waals surface area contributed by atoms with Gasteiger partial charge in [-0.25, -0.2) is 4.39 Å². The Balaban J connectivity index is 1.43. The van der Waals surface area contributed by atoms with Crippen LogP contribution in [0, 0.1) is 5.82 Å². The van der Waals surface area contributed by atoms with Crippen molar-refractivity contribution in [3.05, 3.63) is 59.9 Å². The fourth-order valence-electron chi connectivity index (χ4n) is 2.84. The van der Waals surface area contributed by atoms with E-state index in [2.05, 4.69) is 16.9 Å². The van der Waals surface area contributed by atoms with Crippen molar-refractivity contribution in [3.63, 3.8) is 0 Å². The van der Waals surface area contributed by atoms with E-state index in [1.54, 1.807) is 0 Å². The van der Waals surface area contributed by atoms with Gasteiger partial charge in [0, 0.05) is 12.2 Å². The van der Waals surface area contributed by atoms with Gasteiger partial charge in [-0.15, -0.1) is 0 Å². The molecule has 2 N–H and O–H groups in total. The van der Waals surface area contributed by atoms with Crippen LogP contribution >= 0.6 is 0 Å². The highest BCUT2D eigenvalue weighted by molar-refractivity contribution is 5.85. The number of fused-ring (bicyclic) bond motifs is 1. The number of hydrogen-bond donors (Lipinski definition) is 2. The Hall–Kier alpha value is -3.09. The number of halogens is 1. The van der Waals surface area contributed by atoms with Crippen molar-refractivity contribution in [1.29, 1.82) is 0 Å². The molecule has 26 heavy (non-hydrogen) atoms. The lowest BCUT2D eigenvalue weighted by atomic mass is 10.0. The summed E-state index contributed by atoms with van der Waals surface area (Å²) >= 11 is 0. The van der Waals surface area contributed by atoms with E-state index in [9.17, 15) is 14.0 Å². The largest absolute Gasteiger partial charge is 0.484 e. The standard InChI is InChI=1S/C19H20FN3O3/c20-15-7-9-16(10-8-15)26-13-19(25)22-21-18(24)12-23-11-3-5-14-4-1-2-6-17(14)23/h1-2,4,6-10H,3,5,11-13H2,(H,21,24)(H,22,25). The zero-order valence-electron chi connectivity index (χ0n) is 14.2. The summed E-state index contributed by atoms with van der Waals surface area (Å²) in [6.45, 7) is 0.681. The van der Waals surface area contributed by atoms with Gasteiger partial charge in [0.2, 0.25) is 0 Å². The molecular weight excluding hydrogens is 337 g/mol. The minimum atomic E-state index is -0.498. The Labute approximate surface area is 150 Å². The van der Waals surface area contributed by atoms with Crippen molar-refractivity contribution in [2.75, 3.05) is 24.6 Å². The molecule has 0 fully saturated rings. The third-order valence-electron chi connectivity index (χ3n) is 4.07. The maximum absolute atomic E-state index is 12.8. The van der Waals surface area contributed by atoms with Crippen LogP contribution in [-0.2, 0) is 16.0 Å². The zero-order chi connectivity index (χ0) is 18.4. The van der Waals surface area contributed by atoms with Crippen LogP contribution in [-0.4, -0.2) is 31.5 Å². The lowest BCUT2D eigenvalue weighted by molar-refractivity contribution is -0.129. The van der Waals surface area contributed by atoms with Crippen molar-refractivity contribution in [2.24, 2.45) is 0 Å². The molecule has 0 aliphatic carbocycles. The number of ether oxygens (including phenoxy) is 1. The Kier molecular flexibility index (Phi) is 5.68. The molecule has 1 aliphatic rings. The van der Waals surface area contributed by atoms with Gasteiger partial charge in [-0.2, -0.15) is 0 Å². The number of carbonyl (C=O) groups excluding carboxylic acids is 2. The van der Waals surface area contributed by atoms with Crippen molar-refractivity contribution in [3.8, 4) is 5.75 Å². The second-order valence-corrected chi connectivity index (χ2v) is 5.99. The van der Waals surface area contributed by atoms with Crippen LogP contribution < -0.4 is 20.5 Å². The van der Waals surface area contributed by atoms with Gasteiger partial charge in [-0.1, -0.05) is 18.2 Å². The highest BCUT2D eigenvalue weighted by Gasteiger charge is 2.18. The number of anilines is 1. The quantitative estimate of drug-likeness (QED) is 0.801. The first kappa shape index (κ1) is 17.7. The van der Waals surface area contributed by atoms with Crippen LogP contribution in [0.15, 0.2) is 48.5 Å². The predicted molar refractivity (Wildman–Crippen MR) is 95.2 cm³/mol. The van der Waals surface area contributed by atoms with Crippen LogP contribution in [0.3, 0.4) is 0 Å². The molecule has 0 radical (unpaired) electrons. The monoisotopic (exact) mass is 357 g/mol. The topological polar surface area (TPSA) is 70.7 Å². The smallest absolute Gasteiger partial charge is 0.276 e. The summed E-state index contributed by atoms with van der Waals surface area (Å²) in [6, 6.07) is 13.3. The van der Waals surface area contributed by atoms with E-state index in [0.29, 0.717) is 5.75 Å². The summed E-state index contributed by atoms with van der Waals surface area (Å²) in [4.78, 5) is 25.8. The van der Waals surface area contributed by atoms with Gasteiger partial charge in [-0.05, 0) is 48.7 Å². The van der Waals surface area contributed by atoms with E-state index in [1.165, 1.54) is 29.8 Å². The molecule has 0 saturated carbocycles. The Morgan fingerprint density at radius 3 is 2.58 bits per heavy atom. The third kappa shape index (κ3) is 4.72. The predicted octanol–water partition coefficient (Wildman–Crippen LogP) is 1.80. The highest BCUT2D eigenvalue weighted by Crippen LogP contribution is 2.26. The van der Waals surface area contributed by atoms with Gasteiger partial charge >= 0.3 is 0 Å². The molecule has 7 heteroatoms. The summed E-state index contributed by atoms with van der Waals surface area (Å²) in [6.07, 6.45) is 1.99. The molecule has 3 rings (SSSR count). The number of benzene rings is 2. The van der Waals surface area contributed by atoms with E-state index in [0.717, 1.165) is 25.1 Å². The zero-order valence-corrected chi connectivity index (χ0v) is 14.2. The number of para-hydroxylation sites is 1. The average Bonchev–Trinajstić information content (AvgIpc) is 2.66. The highest BCUT2D eigenvalue weighted by atomic mass is 19.1. The van der Waals surface area contributed by atoms with Gasteiger partial charge in [0.1, 0.15) is 11.6 Å². The second-order valence-electron chi connectivity index (χ2n) is 5.99. The SMILES string of the molecule is O=C(COc1ccc(F)cc1)NNC(=O)CN1CCCc2ccccc21. The van der Waals surface area contributed by atoms with E-state index >= 15 is 0 Å². The minimum Gasteiger partial charge on any atom is -0.484 e. The van der Waals surface area contributed by atoms with E-state index in [-0.39, 0.29) is 24.9 Å². The summed E-state index contributed by atoms with van der Waals surface area (Å²) in [7, 11) is 0. The number of hydrogen-bond acceptors (Lipinski definition) is 4. The maximum atomic E-state index is 12.8. The molecule has 2 aromatic carbocycles. The molecular formula is C19H20FN3O3. The first-order chi connectivity index (χ1) is 12.6. The van der Waals surface area contributed by atoms with Gasteiger partial charge < -0.3 is 9.64 Å². The van der Waals surface area contributed by atoms with Gasteiger partial charge in [0.15, 0.2) is 6.61 Å². The summed E-state index contributed by atoms with van der Waals surface area (Å²) in [5.74, 6) is -0.815.